The highest BCUT2D eigenvalue weighted by atomic mass is 32.1. The van der Waals surface area contributed by atoms with Crippen molar-refractivity contribution in [1.82, 2.24) is 9.97 Å². The number of hydrogen-bond donors (Lipinski definition) is 0. The average molecular weight is 340 g/mol. The highest BCUT2D eigenvalue weighted by Crippen LogP contribution is 2.29. The minimum absolute atomic E-state index is 0.0446. The van der Waals surface area contributed by atoms with Crippen molar-refractivity contribution >= 4 is 34.6 Å². The Hall–Kier alpha value is -1.80. The molecule has 0 spiro atoms. The number of carbonyl (C=O) groups is 2. The van der Waals surface area contributed by atoms with Gasteiger partial charge in [0.25, 0.3) is 0 Å². The van der Waals surface area contributed by atoms with Crippen molar-refractivity contribution in [3.8, 4) is 10.7 Å². The molecule has 2 aromatic heterocycles. The van der Waals surface area contributed by atoms with Gasteiger partial charge in [0, 0.05) is 30.5 Å². The summed E-state index contributed by atoms with van der Waals surface area (Å²) in [5, 5.41) is 5.45. The molecule has 0 fully saturated rings. The summed E-state index contributed by atoms with van der Waals surface area (Å²) in [6, 6.07) is 0. The van der Waals surface area contributed by atoms with Crippen LogP contribution in [0.25, 0.3) is 10.7 Å². The fourth-order valence-corrected chi connectivity index (χ4v) is 3.28. The van der Waals surface area contributed by atoms with Gasteiger partial charge in [-0.15, -0.1) is 22.7 Å². The third-order valence-electron chi connectivity index (χ3n) is 2.67. The zero-order valence-electron chi connectivity index (χ0n) is 12.5. The number of rotatable bonds is 6. The van der Waals surface area contributed by atoms with E-state index in [9.17, 15) is 9.59 Å². The second-order valence-electron chi connectivity index (χ2n) is 4.70. The van der Waals surface area contributed by atoms with E-state index >= 15 is 0 Å². The molecular weight excluding hydrogens is 324 g/mol. The predicted molar refractivity (Wildman–Crippen MR) is 83.7 cm³/mol. The monoisotopic (exact) mass is 340 g/mol. The van der Waals surface area contributed by atoms with Gasteiger partial charge in [-0.2, -0.15) is 0 Å². The molecule has 0 bridgehead atoms. The first-order valence-corrected chi connectivity index (χ1v) is 8.38. The van der Waals surface area contributed by atoms with Crippen molar-refractivity contribution in [2.24, 2.45) is 0 Å². The van der Waals surface area contributed by atoms with E-state index in [1.807, 2.05) is 17.7 Å². The minimum Gasteiger partial charge on any atom is -0.465 e. The summed E-state index contributed by atoms with van der Waals surface area (Å²) in [6.07, 6.45) is 0. The van der Waals surface area contributed by atoms with Crippen LogP contribution in [0.1, 0.15) is 37.4 Å². The molecule has 0 aromatic carbocycles. The average Bonchev–Trinajstić information content (AvgIpc) is 3.10. The van der Waals surface area contributed by atoms with E-state index in [1.54, 1.807) is 0 Å². The van der Waals surface area contributed by atoms with Crippen LogP contribution in [-0.2, 0) is 25.7 Å². The molecule has 0 saturated heterocycles. The Morgan fingerprint density at radius 3 is 2.55 bits per heavy atom. The third-order valence-corrected chi connectivity index (χ3v) is 4.66. The van der Waals surface area contributed by atoms with E-state index in [2.05, 4.69) is 9.97 Å². The first kappa shape index (κ1) is 16.6. The van der Waals surface area contributed by atoms with Gasteiger partial charge in [0.15, 0.2) is 0 Å². The number of carbonyl (C=O) groups excluding carboxylic acids is 2. The third kappa shape index (κ3) is 4.60. The highest BCUT2D eigenvalue weighted by molar-refractivity contribution is 7.14. The van der Waals surface area contributed by atoms with Crippen molar-refractivity contribution < 1.29 is 19.1 Å². The molecule has 0 radical (unpaired) electrons. The van der Waals surface area contributed by atoms with E-state index in [0.29, 0.717) is 12.3 Å². The van der Waals surface area contributed by atoms with Crippen LogP contribution in [0, 0.1) is 0 Å². The maximum absolute atomic E-state index is 10.8. The zero-order chi connectivity index (χ0) is 16.1. The first-order chi connectivity index (χ1) is 10.5. The molecule has 1 atom stereocenters. The van der Waals surface area contributed by atoms with Crippen LogP contribution in [0.4, 0.5) is 0 Å². The van der Waals surface area contributed by atoms with Crippen molar-refractivity contribution in [3.05, 3.63) is 21.5 Å². The maximum atomic E-state index is 10.8. The van der Waals surface area contributed by atoms with Crippen molar-refractivity contribution in [2.75, 3.05) is 6.61 Å². The fourth-order valence-electron chi connectivity index (χ4n) is 1.59. The molecule has 0 saturated carbocycles. The number of thiazole rings is 2. The lowest BCUT2D eigenvalue weighted by Gasteiger charge is -2.07. The van der Waals surface area contributed by atoms with E-state index in [0.717, 1.165) is 15.7 Å². The molecule has 0 aliphatic heterocycles. The van der Waals surface area contributed by atoms with Crippen LogP contribution >= 0.6 is 22.7 Å². The van der Waals surface area contributed by atoms with Gasteiger partial charge >= 0.3 is 11.9 Å². The zero-order valence-corrected chi connectivity index (χ0v) is 14.1. The molecule has 118 valence electrons. The molecule has 2 heterocycles. The number of hydrogen-bond acceptors (Lipinski definition) is 8. The van der Waals surface area contributed by atoms with Crippen molar-refractivity contribution in [1.29, 1.82) is 0 Å². The normalized spacial score (nSPS) is 12.0. The van der Waals surface area contributed by atoms with Crippen LogP contribution in [0.3, 0.4) is 0 Å². The van der Waals surface area contributed by atoms with E-state index < -0.39 is 0 Å². The number of ether oxygens (including phenoxy) is 2. The summed E-state index contributed by atoms with van der Waals surface area (Å²) >= 11 is 2.96. The Bertz CT molecular complexity index is 665. The van der Waals surface area contributed by atoms with Crippen LogP contribution in [-0.4, -0.2) is 28.5 Å². The second-order valence-corrected chi connectivity index (χ2v) is 6.45. The molecule has 0 aliphatic carbocycles. The number of esters is 2. The Morgan fingerprint density at radius 1 is 1.14 bits per heavy atom. The molecule has 0 amide bonds. The van der Waals surface area contributed by atoms with Crippen molar-refractivity contribution in [2.45, 2.75) is 33.3 Å². The standard InChI is InChI=1S/C14H16N2O4S2/c1-8(4-19-9(2)17)13-16-12(7-22-13)14-15-11(6-21-14)5-20-10(3)18/h6-8H,4-5H2,1-3H3/t8-/m1/s1. The van der Waals surface area contributed by atoms with Crippen LogP contribution < -0.4 is 0 Å². The van der Waals surface area contributed by atoms with Gasteiger partial charge in [0.2, 0.25) is 0 Å². The molecule has 0 N–H and O–H groups in total. The van der Waals surface area contributed by atoms with E-state index in [-0.39, 0.29) is 24.5 Å². The van der Waals surface area contributed by atoms with Gasteiger partial charge in [-0.1, -0.05) is 6.92 Å². The molecule has 0 aliphatic rings. The summed E-state index contributed by atoms with van der Waals surface area (Å²) in [4.78, 5) is 30.6. The molecule has 6 nitrogen and oxygen atoms in total. The fraction of sp³-hybridized carbons (Fsp3) is 0.429. The Morgan fingerprint density at radius 2 is 1.86 bits per heavy atom. The molecule has 8 heteroatoms. The maximum Gasteiger partial charge on any atom is 0.303 e. The van der Waals surface area contributed by atoms with E-state index in [4.69, 9.17) is 9.47 Å². The summed E-state index contributed by atoms with van der Waals surface area (Å²) in [5.74, 6) is -0.577. The smallest absolute Gasteiger partial charge is 0.303 e. The van der Waals surface area contributed by atoms with Gasteiger partial charge in [-0.3, -0.25) is 9.59 Å². The van der Waals surface area contributed by atoms with E-state index in [1.165, 1.54) is 36.5 Å². The van der Waals surface area contributed by atoms with Gasteiger partial charge < -0.3 is 9.47 Å². The lowest BCUT2D eigenvalue weighted by atomic mass is 10.2. The van der Waals surface area contributed by atoms with Crippen LogP contribution in [0.15, 0.2) is 10.8 Å². The summed E-state index contributed by atoms with van der Waals surface area (Å²) in [6.45, 7) is 5.20. The highest BCUT2D eigenvalue weighted by Gasteiger charge is 2.15. The number of nitrogens with zero attached hydrogens (tertiary/aromatic N) is 2. The second kappa shape index (κ2) is 7.46. The lowest BCUT2D eigenvalue weighted by molar-refractivity contribution is -0.142. The van der Waals surface area contributed by atoms with Crippen molar-refractivity contribution in [3.63, 3.8) is 0 Å². The first-order valence-electron chi connectivity index (χ1n) is 6.62. The van der Waals surface area contributed by atoms with Gasteiger partial charge in [-0.05, 0) is 0 Å². The lowest BCUT2D eigenvalue weighted by Crippen LogP contribution is -2.07. The SMILES string of the molecule is CC(=O)OCc1csc(-c2csc([C@H](C)COC(C)=O)n2)n1. The quantitative estimate of drug-likeness (QED) is 0.752. The van der Waals surface area contributed by atoms with Gasteiger partial charge in [-0.25, -0.2) is 9.97 Å². The van der Waals surface area contributed by atoms with Crippen LogP contribution in [0.5, 0.6) is 0 Å². The summed E-state index contributed by atoms with van der Waals surface area (Å²) in [5.41, 5.74) is 1.49. The van der Waals surface area contributed by atoms with Gasteiger partial charge in [0.1, 0.15) is 23.9 Å². The molecule has 0 unspecified atom stereocenters. The molecule has 22 heavy (non-hydrogen) atoms. The van der Waals surface area contributed by atoms with Gasteiger partial charge in [0.05, 0.1) is 10.7 Å². The topological polar surface area (TPSA) is 78.4 Å². The Kier molecular flexibility index (Phi) is 5.62. The molecular formula is C14H16N2O4S2. The van der Waals surface area contributed by atoms with Crippen LogP contribution in [0.2, 0.25) is 0 Å². The Labute approximate surface area is 136 Å². The summed E-state index contributed by atoms with van der Waals surface area (Å²) in [7, 11) is 0. The molecule has 2 aromatic rings. The summed E-state index contributed by atoms with van der Waals surface area (Å²) < 4.78 is 9.91. The number of aromatic nitrogens is 2. The minimum atomic E-state index is -0.329. The largest absolute Gasteiger partial charge is 0.465 e. The Balaban J connectivity index is 2.01. The predicted octanol–water partition coefficient (Wildman–Crippen LogP) is 3.00. The molecule has 2 rings (SSSR count).